The van der Waals surface area contributed by atoms with Crippen LogP contribution in [-0.2, 0) is 17.8 Å². The molecule has 1 unspecified atom stereocenters. The second-order valence-corrected chi connectivity index (χ2v) is 7.36. The highest BCUT2D eigenvalue weighted by Gasteiger charge is 2.26. The number of fused-ring (bicyclic) bond motifs is 1. The summed E-state index contributed by atoms with van der Waals surface area (Å²) in [6, 6.07) is 26.5. The van der Waals surface area contributed by atoms with Gasteiger partial charge >= 0.3 is 5.76 Å². The zero-order chi connectivity index (χ0) is 20.9. The highest BCUT2D eigenvalue weighted by atomic mass is 16.4. The molecule has 1 aromatic heterocycles. The van der Waals surface area contributed by atoms with Gasteiger partial charge < -0.3 is 9.32 Å². The largest absolute Gasteiger partial charge is 0.420 e. The Morgan fingerprint density at radius 1 is 0.900 bits per heavy atom. The Labute approximate surface area is 175 Å². The van der Waals surface area contributed by atoms with Crippen LogP contribution >= 0.6 is 0 Å². The molecule has 0 saturated heterocycles. The number of hydrogen-bond acceptors (Lipinski definition) is 3. The summed E-state index contributed by atoms with van der Waals surface area (Å²) >= 11 is 0. The van der Waals surface area contributed by atoms with E-state index in [0.717, 1.165) is 12.0 Å². The van der Waals surface area contributed by atoms with Crippen molar-refractivity contribution in [2.75, 3.05) is 6.54 Å². The van der Waals surface area contributed by atoms with Gasteiger partial charge in [-0.2, -0.15) is 0 Å². The van der Waals surface area contributed by atoms with Crippen molar-refractivity contribution < 1.29 is 9.21 Å². The quantitative estimate of drug-likeness (QED) is 0.461. The zero-order valence-electron chi connectivity index (χ0n) is 16.9. The van der Waals surface area contributed by atoms with E-state index in [1.165, 1.54) is 10.1 Å². The van der Waals surface area contributed by atoms with Crippen molar-refractivity contribution in [2.45, 2.75) is 25.9 Å². The lowest BCUT2D eigenvalue weighted by molar-refractivity contribution is -0.135. The maximum Gasteiger partial charge on any atom is 0.420 e. The molecule has 4 aromatic rings. The van der Waals surface area contributed by atoms with Gasteiger partial charge in [0.2, 0.25) is 5.91 Å². The highest BCUT2D eigenvalue weighted by Crippen LogP contribution is 2.19. The molecule has 0 aliphatic rings. The Bertz CT molecular complexity index is 1180. The van der Waals surface area contributed by atoms with Crippen LogP contribution in [0, 0.1) is 0 Å². The van der Waals surface area contributed by atoms with E-state index in [4.69, 9.17) is 4.42 Å². The van der Waals surface area contributed by atoms with Crippen LogP contribution in [0.3, 0.4) is 0 Å². The lowest BCUT2D eigenvalue weighted by Crippen LogP contribution is -2.39. The van der Waals surface area contributed by atoms with Crippen LogP contribution in [0.1, 0.15) is 24.1 Å². The summed E-state index contributed by atoms with van der Waals surface area (Å²) < 4.78 is 6.78. The van der Waals surface area contributed by atoms with Crippen LogP contribution in [0.4, 0.5) is 0 Å². The summed E-state index contributed by atoms with van der Waals surface area (Å²) in [7, 11) is 0. The standard InChI is InChI=1S/C25H24N2O3/c1-19(27-22-14-8-9-15-23(22)30-25(27)29)24(28)26(18-21-12-6-3-7-13-21)17-16-20-10-4-2-5-11-20/h2-15,19H,16-18H2,1H3. The summed E-state index contributed by atoms with van der Waals surface area (Å²) in [5, 5.41) is 0. The number of carbonyl (C=O) groups is 1. The fraction of sp³-hybridized carbons (Fsp3) is 0.200. The first-order chi connectivity index (χ1) is 14.6. The molecule has 0 saturated carbocycles. The molecule has 5 nitrogen and oxygen atoms in total. The Morgan fingerprint density at radius 3 is 2.20 bits per heavy atom. The number of benzene rings is 3. The minimum atomic E-state index is -0.666. The average molecular weight is 400 g/mol. The number of carbonyl (C=O) groups excluding carboxylic acids is 1. The molecule has 152 valence electrons. The first kappa shape index (κ1) is 19.7. The first-order valence-electron chi connectivity index (χ1n) is 10.1. The van der Waals surface area contributed by atoms with Crippen LogP contribution < -0.4 is 5.76 Å². The average Bonchev–Trinajstić information content (AvgIpc) is 3.12. The third kappa shape index (κ3) is 4.20. The monoisotopic (exact) mass is 400 g/mol. The van der Waals surface area contributed by atoms with Gasteiger partial charge in [-0.25, -0.2) is 4.79 Å². The molecule has 5 heteroatoms. The summed E-state index contributed by atoms with van der Waals surface area (Å²) in [5.41, 5.74) is 3.34. The van der Waals surface area contributed by atoms with Crippen LogP contribution in [0.25, 0.3) is 11.1 Å². The predicted octanol–water partition coefficient (Wildman–Crippen LogP) is 4.43. The smallest absolute Gasteiger partial charge is 0.408 e. The van der Waals surface area contributed by atoms with Crippen molar-refractivity contribution in [1.29, 1.82) is 0 Å². The minimum Gasteiger partial charge on any atom is -0.408 e. The maximum absolute atomic E-state index is 13.5. The molecule has 1 heterocycles. The van der Waals surface area contributed by atoms with Gasteiger partial charge in [-0.15, -0.1) is 0 Å². The van der Waals surface area contributed by atoms with Gasteiger partial charge in [0.15, 0.2) is 5.58 Å². The second-order valence-electron chi connectivity index (χ2n) is 7.36. The SMILES string of the molecule is CC(C(=O)N(CCc1ccccc1)Cc1ccccc1)n1c(=O)oc2ccccc21. The van der Waals surface area contributed by atoms with Gasteiger partial charge in [-0.3, -0.25) is 9.36 Å². The van der Waals surface area contributed by atoms with Crippen LogP contribution in [0.2, 0.25) is 0 Å². The zero-order valence-corrected chi connectivity index (χ0v) is 16.9. The molecule has 0 aliphatic carbocycles. The first-order valence-corrected chi connectivity index (χ1v) is 10.1. The fourth-order valence-corrected chi connectivity index (χ4v) is 3.71. The normalized spacial score (nSPS) is 12.0. The predicted molar refractivity (Wildman–Crippen MR) is 117 cm³/mol. The Balaban J connectivity index is 1.61. The van der Waals surface area contributed by atoms with Crippen molar-refractivity contribution in [2.24, 2.45) is 0 Å². The number of rotatable bonds is 7. The molecular weight excluding hydrogens is 376 g/mol. The summed E-state index contributed by atoms with van der Waals surface area (Å²) in [6.07, 6.45) is 0.743. The van der Waals surface area contributed by atoms with Gasteiger partial charge in [0, 0.05) is 13.1 Å². The third-order valence-electron chi connectivity index (χ3n) is 5.30. The third-order valence-corrected chi connectivity index (χ3v) is 5.30. The van der Waals surface area contributed by atoms with Gasteiger partial charge in [0.1, 0.15) is 6.04 Å². The number of nitrogens with zero attached hydrogens (tertiary/aromatic N) is 2. The van der Waals surface area contributed by atoms with E-state index in [-0.39, 0.29) is 5.91 Å². The molecule has 0 bridgehead atoms. The number of amides is 1. The van der Waals surface area contributed by atoms with Gasteiger partial charge in [0.05, 0.1) is 5.52 Å². The van der Waals surface area contributed by atoms with Gasteiger partial charge in [-0.1, -0.05) is 72.8 Å². The second kappa shape index (κ2) is 8.82. The van der Waals surface area contributed by atoms with Crippen molar-refractivity contribution >= 4 is 17.0 Å². The summed E-state index contributed by atoms with van der Waals surface area (Å²) in [4.78, 5) is 27.8. The number of para-hydroxylation sites is 2. The van der Waals surface area contributed by atoms with Gasteiger partial charge in [-0.05, 0) is 36.6 Å². The van der Waals surface area contributed by atoms with Crippen molar-refractivity contribution in [3.63, 3.8) is 0 Å². The lowest BCUT2D eigenvalue weighted by atomic mass is 10.1. The van der Waals surface area contributed by atoms with E-state index >= 15 is 0 Å². The van der Waals surface area contributed by atoms with Crippen molar-refractivity contribution in [1.82, 2.24) is 9.47 Å². The maximum atomic E-state index is 13.5. The Kier molecular flexibility index (Phi) is 5.80. The van der Waals surface area contributed by atoms with E-state index in [2.05, 4.69) is 12.1 Å². The van der Waals surface area contributed by atoms with E-state index < -0.39 is 11.8 Å². The number of hydrogen-bond donors (Lipinski definition) is 0. The molecular formula is C25H24N2O3. The molecule has 0 radical (unpaired) electrons. The molecule has 3 aromatic carbocycles. The molecule has 1 amide bonds. The Morgan fingerprint density at radius 2 is 1.50 bits per heavy atom. The fourth-order valence-electron chi connectivity index (χ4n) is 3.71. The van der Waals surface area contributed by atoms with Crippen LogP contribution in [-0.4, -0.2) is 21.9 Å². The van der Waals surface area contributed by atoms with E-state index in [0.29, 0.717) is 24.2 Å². The van der Waals surface area contributed by atoms with Gasteiger partial charge in [0.25, 0.3) is 0 Å². The van der Waals surface area contributed by atoms with Crippen LogP contribution in [0.5, 0.6) is 0 Å². The number of oxazole rings is 1. The molecule has 0 N–H and O–H groups in total. The summed E-state index contributed by atoms with van der Waals surface area (Å²) in [5.74, 6) is -0.622. The minimum absolute atomic E-state index is 0.108. The number of aromatic nitrogens is 1. The van der Waals surface area contributed by atoms with Crippen molar-refractivity contribution in [3.05, 3.63) is 107 Å². The van der Waals surface area contributed by atoms with Crippen LogP contribution in [0.15, 0.2) is 94.1 Å². The Hall–Kier alpha value is -3.60. The topological polar surface area (TPSA) is 55.5 Å². The van der Waals surface area contributed by atoms with E-state index in [1.807, 2.05) is 65.6 Å². The van der Waals surface area contributed by atoms with Crippen molar-refractivity contribution in [3.8, 4) is 0 Å². The molecule has 1 atom stereocenters. The molecule has 30 heavy (non-hydrogen) atoms. The van der Waals surface area contributed by atoms with E-state index in [9.17, 15) is 9.59 Å². The highest BCUT2D eigenvalue weighted by molar-refractivity contribution is 5.83. The molecule has 0 aliphatic heterocycles. The molecule has 4 rings (SSSR count). The summed E-state index contributed by atoms with van der Waals surface area (Å²) in [6.45, 7) is 2.81. The molecule has 0 spiro atoms. The van der Waals surface area contributed by atoms with E-state index in [1.54, 1.807) is 19.1 Å². The molecule has 0 fully saturated rings. The lowest BCUT2D eigenvalue weighted by Gasteiger charge is -2.26.